The van der Waals surface area contributed by atoms with Crippen LogP contribution < -0.4 is 0 Å². The van der Waals surface area contributed by atoms with Gasteiger partial charge in [0.25, 0.3) is 0 Å². The van der Waals surface area contributed by atoms with Crippen LogP contribution in [0.3, 0.4) is 0 Å². The van der Waals surface area contributed by atoms with Gasteiger partial charge < -0.3 is 39.5 Å². The molecule has 0 heterocycles. The Balaban J connectivity index is -0.0000000139. The number of rotatable bonds is 0. The first-order valence-corrected chi connectivity index (χ1v) is 13.0. The second kappa shape index (κ2) is 526. The molecule has 0 bridgehead atoms. The topological polar surface area (TPSA) is 68.3 Å². The molecule has 0 N–H and O–H groups in total. The first-order chi connectivity index (χ1) is 5.41. The molecule has 0 rings (SSSR count). The van der Waals surface area contributed by atoms with Gasteiger partial charge in [0, 0.05) is 0 Å². The number of hydrogen-bond donors (Lipinski definition) is 0. The van der Waals surface area contributed by atoms with Gasteiger partial charge in [0.1, 0.15) is 0 Å². The van der Waals surface area contributed by atoms with Crippen LogP contribution >= 0.6 is 26.9 Å². The maximum Gasteiger partial charge on any atom is -0.282 e. The summed E-state index contributed by atoms with van der Waals surface area (Å²) in [5, 5.41) is 0. The van der Waals surface area contributed by atoms with Crippen LogP contribution in [0.15, 0.2) is 0 Å². The largest absolute Gasteiger partial charge is 0.573 e. The Morgan fingerprint density at radius 1 is 0.818 bits per heavy atom. The monoisotopic (exact) mass is 458 g/mol. The van der Waals surface area contributed by atoms with Gasteiger partial charge in [-0.05, 0) is 0 Å². The quantitative estimate of drug-likeness (QED) is 0.385. The molecule has 0 aliphatic rings. The van der Waals surface area contributed by atoms with Gasteiger partial charge in [0.15, 0.2) is 0 Å². The van der Waals surface area contributed by atoms with Crippen molar-refractivity contribution in [2.75, 3.05) is 0 Å². The van der Waals surface area contributed by atoms with Gasteiger partial charge in [0.2, 0.25) is 0 Å². The van der Waals surface area contributed by atoms with Crippen molar-refractivity contribution in [2.45, 2.75) is 0 Å². The molecule has 0 atom stereocenters. The van der Waals surface area contributed by atoms with Crippen LogP contribution in [-0.4, -0.2) is 27.2 Å². The zero-order valence-corrected chi connectivity index (χ0v) is 10.7. The molecule has 0 aliphatic carbocycles. The standard InChI is InChI=1S/CHO.3CO.2BrH.Re/c4*1-2;;;/h1H;;;;2*1H;/q4*-1;;;+2/p-2. The van der Waals surface area contributed by atoms with Crippen molar-refractivity contribution in [3.63, 3.8) is 0 Å². The molecule has 66 valence electrons. The van der Waals surface area contributed by atoms with Crippen LogP contribution in [-0.2, 0) is 33.1 Å². The van der Waals surface area contributed by atoms with Gasteiger partial charge in [-0.3, -0.25) is 6.79 Å². The maximum atomic E-state index is 7.75. The predicted molar refractivity (Wildman–Crippen MR) is 41.7 cm³/mol. The summed E-state index contributed by atoms with van der Waals surface area (Å²) in [6.07, 6.45) is 0. The Labute approximate surface area is 86.7 Å². The summed E-state index contributed by atoms with van der Waals surface area (Å²) in [6, 6.07) is 0. The fourth-order valence-electron chi connectivity index (χ4n) is 0. The summed E-state index contributed by atoms with van der Waals surface area (Å²) in [6.45, 7) is 16.8. The van der Waals surface area contributed by atoms with Gasteiger partial charge in [-0.15, -0.1) is 0 Å². The number of halogens is 2. The molecule has 11 heavy (non-hydrogen) atoms. The summed E-state index contributed by atoms with van der Waals surface area (Å²) < 4.78 is 0. The average Bonchev–Trinajstić information content (AvgIpc) is 2.18. The molecule has 7 heteroatoms. The van der Waals surface area contributed by atoms with E-state index in [1.165, 1.54) is 0 Å². The van der Waals surface area contributed by atoms with Gasteiger partial charge in [-0.1, -0.05) is 0 Å². The third kappa shape index (κ3) is 7770. The molecule has 0 amide bonds. The Morgan fingerprint density at radius 2 is 0.818 bits per heavy atom. The van der Waals surface area contributed by atoms with Gasteiger partial charge in [-0.2, -0.15) is 0 Å². The van der Waals surface area contributed by atoms with Gasteiger partial charge in [0.05, 0.1) is 0 Å². The third-order valence-corrected chi connectivity index (χ3v) is 0. The molecular weight excluding hydrogens is 458 g/mol. The minimum absolute atomic E-state index is 0.0417. The van der Waals surface area contributed by atoms with Crippen LogP contribution in [0.5, 0.6) is 0 Å². The van der Waals surface area contributed by atoms with E-state index in [0.717, 1.165) is 0 Å². The Kier molecular flexibility index (Phi) is 1440. The SMILES string of the molecule is [Br][Re][Br].[C-]=O.[C-]=O.[C-]=O.[CH-]=O. The van der Waals surface area contributed by atoms with Gasteiger partial charge in [-0.25, -0.2) is 0 Å². The van der Waals surface area contributed by atoms with E-state index in [1.807, 2.05) is 0 Å². The molecule has 4 nitrogen and oxygen atoms in total. The van der Waals surface area contributed by atoms with Crippen molar-refractivity contribution in [2.24, 2.45) is 0 Å². The van der Waals surface area contributed by atoms with Crippen LogP contribution in [0.4, 0.5) is 0 Å². The second-order valence-electron chi connectivity index (χ2n) is 0.0540. The summed E-state index contributed by atoms with van der Waals surface area (Å²) in [5.41, 5.74) is 0. The van der Waals surface area contributed by atoms with Crippen molar-refractivity contribution in [3.05, 3.63) is 0 Å². The van der Waals surface area contributed by atoms with Gasteiger partial charge >= 0.3 is 40.8 Å². The molecule has 0 aromatic heterocycles. The minimum Gasteiger partial charge on any atom is -0.573 e. The summed E-state index contributed by atoms with van der Waals surface area (Å²) in [7, 11) is 0. The van der Waals surface area contributed by atoms with E-state index in [0.29, 0.717) is 0 Å². The van der Waals surface area contributed by atoms with E-state index in [1.54, 1.807) is 0 Å². The Bertz CT molecular complexity index is 35.3. The molecule has 0 aromatic carbocycles. The van der Waals surface area contributed by atoms with E-state index in [4.69, 9.17) is 19.2 Å². The predicted octanol–water partition coefficient (Wildman–Crippen LogP) is 0.223. The van der Waals surface area contributed by atoms with Crippen LogP contribution in [0.1, 0.15) is 0 Å². The van der Waals surface area contributed by atoms with Crippen LogP contribution in [0, 0.1) is 0 Å². The van der Waals surface area contributed by atoms with Crippen molar-refractivity contribution in [1.29, 1.82) is 0 Å². The summed E-state index contributed by atoms with van der Waals surface area (Å²) in [4.78, 5) is 30.2. The average molecular weight is 459 g/mol. The molecule has 0 saturated heterocycles. The fraction of sp³-hybridized carbons (Fsp3) is 0. The number of hydrogen-bond acceptors (Lipinski definition) is 4. The van der Waals surface area contributed by atoms with Crippen molar-refractivity contribution in [1.82, 2.24) is 0 Å². The molecule has 0 aliphatic heterocycles. The Morgan fingerprint density at radius 3 is 0.818 bits per heavy atom. The van der Waals surface area contributed by atoms with E-state index in [2.05, 4.69) is 54.0 Å². The molecule has 3 radical (unpaired) electrons. The molecular formula is C4HBr2O4Re-4. The van der Waals surface area contributed by atoms with E-state index in [9.17, 15) is 0 Å². The first kappa shape index (κ1) is 30.2. The zero-order valence-electron chi connectivity index (χ0n) is 4.84. The van der Waals surface area contributed by atoms with E-state index in [-0.39, 0.29) is 13.9 Å². The van der Waals surface area contributed by atoms with Crippen LogP contribution in [0.25, 0.3) is 0 Å². The third-order valence-electron chi connectivity index (χ3n) is 0. The Hall–Kier alpha value is 0.302. The normalized spacial score (nSPS) is 3.09. The second-order valence-corrected chi connectivity index (χ2v) is 11.9. The minimum atomic E-state index is -0.0417. The summed E-state index contributed by atoms with van der Waals surface area (Å²) in [5.74, 6) is 0. The fourth-order valence-corrected chi connectivity index (χ4v) is 0. The maximum absolute atomic E-state index is 7.75. The molecule has 0 aromatic rings. The molecule has 0 unspecified atom stereocenters. The molecule has 0 fully saturated rings. The van der Waals surface area contributed by atoms with Crippen molar-refractivity contribution in [3.8, 4) is 0 Å². The number of carbonyl (C=O) groups excluding carboxylic acids is 4. The van der Waals surface area contributed by atoms with Crippen molar-refractivity contribution < 1.29 is 33.1 Å². The van der Waals surface area contributed by atoms with Crippen LogP contribution in [0.2, 0.25) is 0 Å². The van der Waals surface area contributed by atoms with Crippen molar-refractivity contribution >= 4 is 54.0 Å². The molecule has 0 saturated carbocycles. The first-order valence-electron chi connectivity index (χ1n) is 1.13. The van der Waals surface area contributed by atoms with E-state index >= 15 is 0 Å². The zero-order chi connectivity index (χ0) is 10.7. The van der Waals surface area contributed by atoms with E-state index < -0.39 is 0 Å². The smallest absolute Gasteiger partial charge is 0.282 e. The summed E-state index contributed by atoms with van der Waals surface area (Å²) >= 11 is 6.39. The molecule has 0 spiro atoms.